The molecule has 1 atom stereocenters. The van der Waals surface area contributed by atoms with Crippen LogP contribution in [0.3, 0.4) is 0 Å². The maximum absolute atomic E-state index is 10.8. The number of aliphatic hydroxyl groups excluding tert-OH is 1. The number of rotatable bonds is 7. The van der Waals surface area contributed by atoms with Crippen molar-refractivity contribution in [2.24, 2.45) is 5.92 Å². The molecule has 0 aliphatic heterocycles. The van der Waals surface area contributed by atoms with Crippen LogP contribution in [0.25, 0.3) is 0 Å². The zero-order valence-corrected chi connectivity index (χ0v) is 11.0. The van der Waals surface area contributed by atoms with Gasteiger partial charge in [0, 0.05) is 6.54 Å². The summed E-state index contributed by atoms with van der Waals surface area (Å²) in [6.07, 6.45) is 2.14. The van der Waals surface area contributed by atoms with E-state index in [1.807, 2.05) is 13.8 Å². The molecule has 1 aromatic heterocycles. The third kappa shape index (κ3) is 4.02. The van der Waals surface area contributed by atoms with Crippen LogP contribution in [-0.4, -0.2) is 32.6 Å². The van der Waals surface area contributed by atoms with Crippen LogP contribution in [-0.2, 0) is 0 Å². The summed E-state index contributed by atoms with van der Waals surface area (Å²) in [6.45, 7) is 4.16. The monoisotopic (exact) mass is 269 g/mol. The number of hydrogen-bond acceptors (Lipinski definition) is 7. The highest BCUT2D eigenvalue weighted by Crippen LogP contribution is 2.22. The van der Waals surface area contributed by atoms with E-state index in [1.54, 1.807) is 0 Å². The predicted octanol–water partition coefficient (Wildman–Crippen LogP) is 1.18. The first-order valence-electron chi connectivity index (χ1n) is 6.18. The Labute approximate surface area is 111 Å². The molecule has 0 fully saturated rings. The van der Waals surface area contributed by atoms with Gasteiger partial charge >= 0.3 is 5.69 Å². The lowest BCUT2D eigenvalue weighted by Gasteiger charge is -2.20. The molecule has 1 heterocycles. The van der Waals surface area contributed by atoms with Crippen LogP contribution < -0.4 is 11.1 Å². The SMILES string of the molecule is CCC(CC)C(O)CNc1nc(N)ncc1[N+](=O)[O-]. The van der Waals surface area contributed by atoms with E-state index in [4.69, 9.17) is 5.73 Å². The summed E-state index contributed by atoms with van der Waals surface area (Å²) in [6, 6.07) is 0. The number of hydrogen-bond donors (Lipinski definition) is 3. The number of aliphatic hydroxyl groups is 1. The Kier molecular flexibility index (Phi) is 5.43. The fourth-order valence-corrected chi connectivity index (χ4v) is 1.85. The van der Waals surface area contributed by atoms with Crippen LogP contribution in [0.5, 0.6) is 0 Å². The van der Waals surface area contributed by atoms with Gasteiger partial charge in [0.2, 0.25) is 11.8 Å². The van der Waals surface area contributed by atoms with Crippen molar-refractivity contribution in [1.82, 2.24) is 9.97 Å². The summed E-state index contributed by atoms with van der Waals surface area (Å²) >= 11 is 0. The van der Waals surface area contributed by atoms with E-state index in [0.717, 1.165) is 19.0 Å². The molecule has 1 unspecified atom stereocenters. The fraction of sp³-hybridized carbons (Fsp3) is 0.636. The highest BCUT2D eigenvalue weighted by atomic mass is 16.6. The Morgan fingerprint density at radius 1 is 1.53 bits per heavy atom. The molecule has 0 spiro atoms. The van der Waals surface area contributed by atoms with Crippen LogP contribution in [0.15, 0.2) is 6.20 Å². The van der Waals surface area contributed by atoms with Gasteiger partial charge in [-0.15, -0.1) is 0 Å². The molecule has 1 rings (SSSR count). The molecule has 0 radical (unpaired) electrons. The highest BCUT2D eigenvalue weighted by molar-refractivity contribution is 5.56. The summed E-state index contributed by atoms with van der Waals surface area (Å²) < 4.78 is 0. The molecule has 106 valence electrons. The Hall–Kier alpha value is -1.96. The van der Waals surface area contributed by atoms with Gasteiger partial charge in [-0.3, -0.25) is 10.1 Å². The van der Waals surface area contributed by atoms with Crippen LogP contribution in [0.1, 0.15) is 26.7 Å². The number of nitrogens with two attached hydrogens (primary N) is 1. The lowest BCUT2D eigenvalue weighted by molar-refractivity contribution is -0.384. The van der Waals surface area contributed by atoms with E-state index in [2.05, 4.69) is 15.3 Å². The molecule has 8 nitrogen and oxygen atoms in total. The number of nitrogens with one attached hydrogen (secondary N) is 1. The van der Waals surface area contributed by atoms with Crippen molar-refractivity contribution < 1.29 is 10.0 Å². The van der Waals surface area contributed by atoms with E-state index in [1.165, 1.54) is 0 Å². The summed E-state index contributed by atoms with van der Waals surface area (Å²) in [5.41, 5.74) is 5.14. The summed E-state index contributed by atoms with van der Waals surface area (Å²) in [7, 11) is 0. The third-order valence-corrected chi connectivity index (χ3v) is 3.06. The van der Waals surface area contributed by atoms with E-state index in [0.29, 0.717) is 0 Å². The number of nitrogen functional groups attached to an aromatic ring is 1. The van der Waals surface area contributed by atoms with Crippen molar-refractivity contribution in [3.63, 3.8) is 0 Å². The smallest absolute Gasteiger partial charge is 0.329 e. The molecule has 19 heavy (non-hydrogen) atoms. The summed E-state index contributed by atoms with van der Waals surface area (Å²) in [4.78, 5) is 17.6. The second kappa shape index (κ2) is 6.83. The van der Waals surface area contributed by atoms with Crippen LogP contribution in [0.2, 0.25) is 0 Å². The van der Waals surface area contributed by atoms with Gasteiger partial charge in [-0.25, -0.2) is 4.98 Å². The second-order valence-corrected chi connectivity index (χ2v) is 4.24. The van der Waals surface area contributed by atoms with Crippen molar-refractivity contribution in [1.29, 1.82) is 0 Å². The zero-order chi connectivity index (χ0) is 14.4. The van der Waals surface area contributed by atoms with Crippen molar-refractivity contribution in [3.05, 3.63) is 16.3 Å². The Balaban J connectivity index is 2.76. The van der Waals surface area contributed by atoms with E-state index >= 15 is 0 Å². The van der Waals surface area contributed by atoms with Gasteiger partial charge in [-0.2, -0.15) is 4.98 Å². The molecule has 0 aliphatic rings. The van der Waals surface area contributed by atoms with Crippen LogP contribution >= 0.6 is 0 Å². The normalized spacial score (nSPS) is 12.4. The molecule has 0 saturated heterocycles. The van der Waals surface area contributed by atoms with Gasteiger partial charge in [0.05, 0.1) is 11.0 Å². The van der Waals surface area contributed by atoms with Crippen molar-refractivity contribution in [2.75, 3.05) is 17.6 Å². The van der Waals surface area contributed by atoms with Gasteiger partial charge in [-0.05, 0) is 5.92 Å². The van der Waals surface area contributed by atoms with Crippen molar-refractivity contribution in [3.8, 4) is 0 Å². The molecule has 0 amide bonds. The Bertz CT molecular complexity index is 436. The molecule has 0 saturated carbocycles. The molecular formula is C11H19N5O3. The maximum Gasteiger partial charge on any atom is 0.329 e. The number of nitrogens with zero attached hydrogens (tertiary/aromatic N) is 3. The summed E-state index contributed by atoms with van der Waals surface area (Å²) in [5, 5.41) is 23.5. The zero-order valence-electron chi connectivity index (χ0n) is 11.0. The van der Waals surface area contributed by atoms with E-state index in [-0.39, 0.29) is 29.9 Å². The minimum absolute atomic E-state index is 0.0301. The van der Waals surface area contributed by atoms with Crippen molar-refractivity contribution >= 4 is 17.5 Å². The van der Waals surface area contributed by atoms with Crippen molar-refractivity contribution in [2.45, 2.75) is 32.8 Å². The lowest BCUT2D eigenvalue weighted by atomic mass is 9.96. The molecule has 0 aromatic carbocycles. The first kappa shape index (κ1) is 15.1. The Morgan fingerprint density at radius 2 is 2.16 bits per heavy atom. The number of anilines is 2. The van der Waals surface area contributed by atoms with E-state index < -0.39 is 11.0 Å². The lowest BCUT2D eigenvalue weighted by Crippen LogP contribution is -2.28. The topological polar surface area (TPSA) is 127 Å². The second-order valence-electron chi connectivity index (χ2n) is 4.24. The molecular weight excluding hydrogens is 250 g/mol. The fourth-order valence-electron chi connectivity index (χ4n) is 1.85. The predicted molar refractivity (Wildman–Crippen MR) is 71.7 cm³/mol. The highest BCUT2D eigenvalue weighted by Gasteiger charge is 2.20. The van der Waals surface area contributed by atoms with Crippen LogP contribution in [0, 0.1) is 16.0 Å². The molecule has 1 aromatic rings. The first-order chi connectivity index (χ1) is 8.99. The first-order valence-corrected chi connectivity index (χ1v) is 6.18. The van der Waals surface area contributed by atoms with E-state index in [9.17, 15) is 15.2 Å². The van der Waals surface area contributed by atoms with Gasteiger partial charge in [0.15, 0.2) is 0 Å². The molecule has 4 N–H and O–H groups in total. The standard InChI is InChI=1S/C11H19N5O3/c1-3-7(4-2)9(17)6-13-10-8(16(18)19)5-14-11(12)15-10/h5,7,9,17H,3-4,6H2,1-2H3,(H3,12,13,14,15). The number of nitro groups is 1. The minimum atomic E-state index is -0.592. The summed E-state index contributed by atoms with van der Waals surface area (Å²) in [5.74, 6) is 0.123. The quantitative estimate of drug-likeness (QED) is 0.500. The number of aromatic nitrogens is 2. The Morgan fingerprint density at radius 3 is 2.68 bits per heavy atom. The minimum Gasteiger partial charge on any atom is -0.391 e. The molecule has 0 aliphatic carbocycles. The molecule has 8 heteroatoms. The maximum atomic E-state index is 10.8. The average molecular weight is 269 g/mol. The average Bonchev–Trinajstić information content (AvgIpc) is 2.37. The van der Waals surface area contributed by atoms with Gasteiger partial charge in [-0.1, -0.05) is 26.7 Å². The largest absolute Gasteiger partial charge is 0.391 e. The van der Waals surface area contributed by atoms with Gasteiger partial charge in [0.25, 0.3) is 0 Å². The van der Waals surface area contributed by atoms with Gasteiger partial charge in [0.1, 0.15) is 6.20 Å². The van der Waals surface area contributed by atoms with Gasteiger partial charge < -0.3 is 16.2 Å². The third-order valence-electron chi connectivity index (χ3n) is 3.06. The molecule has 0 bridgehead atoms. The van der Waals surface area contributed by atoms with Crippen LogP contribution in [0.4, 0.5) is 17.5 Å².